The number of morpholine rings is 1. The molecule has 19 heavy (non-hydrogen) atoms. The summed E-state index contributed by atoms with van der Waals surface area (Å²) >= 11 is 0. The fraction of sp³-hybridized carbons (Fsp3) is 0.571. The second kappa shape index (κ2) is 5.27. The highest BCUT2D eigenvalue weighted by Gasteiger charge is 2.39. The van der Waals surface area contributed by atoms with Crippen LogP contribution in [-0.2, 0) is 4.74 Å². The number of carbonyl (C=O) groups excluding carboxylic acids is 1. The topological polar surface area (TPSA) is 54.5 Å². The van der Waals surface area contributed by atoms with E-state index in [9.17, 15) is 4.79 Å². The number of nitrogens with zero attached hydrogens (tertiary/aromatic N) is 2. The second-order valence-electron chi connectivity index (χ2n) is 5.22. The number of piperidine rings is 1. The van der Waals surface area contributed by atoms with Crippen molar-refractivity contribution >= 4 is 5.91 Å². The molecule has 2 aliphatic heterocycles. The van der Waals surface area contributed by atoms with Gasteiger partial charge in [-0.2, -0.15) is 0 Å². The lowest BCUT2D eigenvalue weighted by atomic mass is 9.90. The van der Waals surface area contributed by atoms with Crippen molar-refractivity contribution in [3.8, 4) is 0 Å². The van der Waals surface area contributed by atoms with Crippen molar-refractivity contribution in [3.63, 3.8) is 0 Å². The van der Waals surface area contributed by atoms with Crippen LogP contribution in [0.4, 0.5) is 0 Å². The van der Waals surface area contributed by atoms with E-state index in [1.165, 1.54) is 0 Å². The lowest BCUT2D eigenvalue weighted by Crippen LogP contribution is -2.57. The minimum absolute atomic E-state index is 0.0156. The summed E-state index contributed by atoms with van der Waals surface area (Å²) in [6, 6.07) is 5.44. The third-order valence-corrected chi connectivity index (χ3v) is 3.93. The van der Waals surface area contributed by atoms with Gasteiger partial charge in [0.15, 0.2) is 0 Å². The van der Waals surface area contributed by atoms with Crippen LogP contribution in [0, 0.1) is 0 Å². The lowest BCUT2D eigenvalue weighted by molar-refractivity contribution is -0.114. The molecule has 0 saturated carbocycles. The van der Waals surface area contributed by atoms with Crippen LogP contribution in [0.15, 0.2) is 24.4 Å². The molecule has 1 spiro atoms. The first kappa shape index (κ1) is 12.6. The lowest BCUT2D eigenvalue weighted by Gasteiger charge is -2.45. The van der Waals surface area contributed by atoms with Crippen molar-refractivity contribution in [2.75, 3.05) is 32.8 Å². The van der Waals surface area contributed by atoms with Gasteiger partial charge in [0.2, 0.25) is 0 Å². The number of carbonyl (C=O) groups is 1. The SMILES string of the molecule is O=C(c1ccccn1)N1CCOC2(CCNCC2)C1. The molecular formula is C14H19N3O2. The highest BCUT2D eigenvalue weighted by Crippen LogP contribution is 2.28. The van der Waals surface area contributed by atoms with Gasteiger partial charge in [0.05, 0.1) is 18.8 Å². The van der Waals surface area contributed by atoms with E-state index in [2.05, 4.69) is 10.3 Å². The second-order valence-corrected chi connectivity index (χ2v) is 5.22. The summed E-state index contributed by atoms with van der Waals surface area (Å²) in [7, 11) is 0. The molecule has 2 fully saturated rings. The molecule has 0 bridgehead atoms. The number of amides is 1. The van der Waals surface area contributed by atoms with Gasteiger partial charge in [0.25, 0.3) is 5.91 Å². The minimum atomic E-state index is -0.145. The van der Waals surface area contributed by atoms with Gasteiger partial charge in [-0.3, -0.25) is 9.78 Å². The molecule has 1 N–H and O–H groups in total. The summed E-state index contributed by atoms with van der Waals surface area (Å²) in [5.74, 6) is 0.0156. The van der Waals surface area contributed by atoms with Crippen molar-refractivity contribution in [1.82, 2.24) is 15.2 Å². The Morgan fingerprint density at radius 2 is 2.21 bits per heavy atom. The maximum atomic E-state index is 12.4. The van der Waals surface area contributed by atoms with Crippen molar-refractivity contribution in [2.24, 2.45) is 0 Å². The van der Waals surface area contributed by atoms with E-state index in [1.54, 1.807) is 12.3 Å². The van der Waals surface area contributed by atoms with E-state index in [1.807, 2.05) is 17.0 Å². The van der Waals surface area contributed by atoms with Crippen molar-refractivity contribution in [1.29, 1.82) is 0 Å². The zero-order chi connectivity index (χ0) is 13.1. The zero-order valence-electron chi connectivity index (χ0n) is 11.0. The summed E-state index contributed by atoms with van der Waals surface area (Å²) < 4.78 is 5.97. The normalized spacial score (nSPS) is 22.4. The zero-order valence-corrected chi connectivity index (χ0v) is 11.0. The molecule has 1 aromatic heterocycles. The Bertz CT molecular complexity index is 438. The quantitative estimate of drug-likeness (QED) is 0.807. The standard InChI is InChI=1S/C14H19N3O2/c18-13(12-3-1-2-6-16-12)17-9-10-19-14(11-17)4-7-15-8-5-14/h1-3,6,15H,4-5,7-11H2. The maximum absolute atomic E-state index is 12.4. The maximum Gasteiger partial charge on any atom is 0.272 e. The molecule has 0 aromatic carbocycles. The van der Waals surface area contributed by atoms with Crippen LogP contribution in [0.2, 0.25) is 0 Å². The fourth-order valence-corrected chi connectivity index (χ4v) is 2.85. The van der Waals surface area contributed by atoms with E-state index in [4.69, 9.17) is 4.74 Å². The van der Waals surface area contributed by atoms with Gasteiger partial charge in [-0.15, -0.1) is 0 Å². The van der Waals surface area contributed by atoms with Gasteiger partial charge in [-0.05, 0) is 38.1 Å². The van der Waals surface area contributed by atoms with Crippen LogP contribution in [0.3, 0.4) is 0 Å². The Morgan fingerprint density at radius 1 is 1.37 bits per heavy atom. The Hall–Kier alpha value is -1.46. The molecular weight excluding hydrogens is 242 g/mol. The highest BCUT2D eigenvalue weighted by molar-refractivity contribution is 5.92. The van der Waals surface area contributed by atoms with E-state index in [0.717, 1.165) is 25.9 Å². The van der Waals surface area contributed by atoms with Crippen LogP contribution < -0.4 is 5.32 Å². The van der Waals surface area contributed by atoms with E-state index >= 15 is 0 Å². The number of pyridine rings is 1. The number of ether oxygens (including phenoxy) is 1. The first-order valence-electron chi connectivity index (χ1n) is 6.84. The Kier molecular flexibility index (Phi) is 3.48. The summed E-state index contributed by atoms with van der Waals surface area (Å²) in [4.78, 5) is 18.4. The summed E-state index contributed by atoms with van der Waals surface area (Å²) in [6.07, 6.45) is 3.60. The van der Waals surface area contributed by atoms with Crippen LogP contribution in [0.1, 0.15) is 23.3 Å². The van der Waals surface area contributed by atoms with Crippen LogP contribution in [0.25, 0.3) is 0 Å². The van der Waals surface area contributed by atoms with Crippen molar-refractivity contribution < 1.29 is 9.53 Å². The molecule has 0 radical (unpaired) electrons. The Morgan fingerprint density at radius 3 is 2.95 bits per heavy atom. The third kappa shape index (κ3) is 2.62. The predicted octanol–water partition coefficient (Wildman–Crippen LogP) is 0.676. The van der Waals surface area contributed by atoms with Crippen molar-refractivity contribution in [2.45, 2.75) is 18.4 Å². The van der Waals surface area contributed by atoms with Crippen LogP contribution >= 0.6 is 0 Å². The van der Waals surface area contributed by atoms with Gasteiger partial charge in [-0.25, -0.2) is 0 Å². The highest BCUT2D eigenvalue weighted by atomic mass is 16.5. The average molecular weight is 261 g/mol. The van der Waals surface area contributed by atoms with Gasteiger partial charge in [0.1, 0.15) is 5.69 Å². The molecule has 2 aliphatic rings. The molecule has 0 atom stereocenters. The smallest absolute Gasteiger partial charge is 0.272 e. The van der Waals surface area contributed by atoms with E-state index < -0.39 is 0 Å². The van der Waals surface area contributed by atoms with Gasteiger partial charge < -0.3 is 15.0 Å². The predicted molar refractivity (Wildman–Crippen MR) is 70.9 cm³/mol. The molecule has 1 amide bonds. The largest absolute Gasteiger partial charge is 0.371 e. The van der Waals surface area contributed by atoms with Crippen LogP contribution in [0.5, 0.6) is 0 Å². The number of aromatic nitrogens is 1. The molecule has 0 unspecified atom stereocenters. The Labute approximate surface area is 113 Å². The summed E-state index contributed by atoms with van der Waals surface area (Å²) in [6.45, 7) is 3.89. The molecule has 0 aliphatic carbocycles. The third-order valence-electron chi connectivity index (χ3n) is 3.93. The monoisotopic (exact) mass is 261 g/mol. The molecule has 5 heteroatoms. The first-order valence-corrected chi connectivity index (χ1v) is 6.84. The molecule has 2 saturated heterocycles. The number of nitrogens with one attached hydrogen (secondary N) is 1. The number of rotatable bonds is 1. The first-order chi connectivity index (χ1) is 9.29. The van der Waals surface area contributed by atoms with Crippen LogP contribution in [-0.4, -0.2) is 54.2 Å². The van der Waals surface area contributed by atoms with Gasteiger partial charge >= 0.3 is 0 Å². The van der Waals surface area contributed by atoms with Gasteiger partial charge in [0, 0.05) is 12.7 Å². The minimum Gasteiger partial charge on any atom is -0.371 e. The summed E-state index contributed by atoms with van der Waals surface area (Å²) in [5, 5.41) is 3.34. The van der Waals surface area contributed by atoms with Crippen molar-refractivity contribution in [3.05, 3.63) is 30.1 Å². The Balaban J connectivity index is 1.73. The van der Waals surface area contributed by atoms with E-state index in [0.29, 0.717) is 25.4 Å². The summed E-state index contributed by atoms with van der Waals surface area (Å²) in [5.41, 5.74) is 0.377. The molecule has 5 nitrogen and oxygen atoms in total. The fourth-order valence-electron chi connectivity index (χ4n) is 2.85. The average Bonchev–Trinajstić information content (AvgIpc) is 2.48. The van der Waals surface area contributed by atoms with Gasteiger partial charge in [-0.1, -0.05) is 6.07 Å². The molecule has 3 heterocycles. The number of hydrogen-bond acceptors (Lipinski definition) is 4. The molecule has 1 aromatic rings. The number of hydrogen-bond donors (Lipinski definition) is 1. The molecule has 102 valence electrons. The molecule has 3 rings (SSSR count). The van der Waals surface area contributed by atoms with E-state index in [-0.39, 0.29) is 11.5 Å².